The molecule has 0 saturated carbocycles. The standard InChI is InChI=1S/C13H16BrN3O/c1-7(2)15-13-16-11(12(18)17-13)9-4-5-10(14)8(3)6-9/h4-7,11H,1-3H3,(H2,15,16,17,18). The highest BCUT2D eigenvalue weighted by atomic mass is 79.9. The third kappa shape index (κ3) is 2.72. The number of nitrogens with one attached hydrogen (secondary N) is 2. The van der Waals surface area contributed by atoms with Crippen LogP contribution in [0.3, 0.4) is 0 Å². The van der Waals surface area contributed by atoms with Crippen molar-refractivity contribution in [2.75, 3.05) is 0 Å². The van der Waals surface area contributed by atoms with E-state index in [4.69, 9.17) is 0 Å². The first-order chi connectivity index (χ1) is 8.47. The van der Waals surface area contributed by atoms with Gasteiger partial charge in [-0.1, -0.05) is 28.1 Å². The number of hydrogen-bond acceptors (Lipinski definition) is 3. The van der Waals surface area contributed by atoms with Crippen LogP contribution in [-0.4, -0.2) is 17.9 Å². The van der Waals surface area contributed by atoms with E-state index in [1.807, 2.05) is 39.0 Å². The van der Waals surface area contributed by atoms with Crippen molar-refractivity contribution in [1.82, 2.24) is 10.6 Å². The molecule has 1 aliphatic rings. The highest BCUT2D eigenvalue weighted by molar-refractivity contribution is 9.10. The predicted octanol–water partition coefficient (Wildman–Crippen LogP) is 2.28. The lowest BCUT2D eigenvalue weighted by molar-refractivity contribution is -0.120. The van der Waals surface area contributed by atoms with E-state index in [0.717, 1.165) is 15.6 Å². The van der Waals surface area contributed by atoms with Gasteiger partial charge in [-0.3, -0.25) is 10.1 Å². The number of rotatable bonds is 2. The molecule has 0 bridgehead atoms. The molecular weight excluding hydrogens is 294 g/mol. The van der Waals surface area contributed by atoms with Crippen LogP contribution in [0, 0.1) is 6.92 Å². The Morgan fingerprint density at radius 1 is 1.44 bits per heavy atom. The molecule has 1 aromatic rings. The topological polar surface area (TPSA) is 53.5 Å². The van der Waals surface area contributed by atoms with Gasteiger partial charge in [-0.05, 0) is 38.0 Å². The van der Waals surface area contributed by atoms with Crippen LogP contribution in [0.2, 0.25) is 0 Å². The maximum absolute atomic E-state index is 11.9. The van der Waals surface area contributed by atoms with E-state index in [9.17, 15) is 4.79 Å². The van der Waals surface area contributed by atoms with Gasteiger partial charge in [0, 0.05) is 10.5 Å². The van der Waals surface area contributed by atoms with Crippen molar-refractivity contribution >= 4 is 27.8 Å². The summed E-state index contributed by atoms with van der Waals surface area (Å²) in [4.78, 5) is 16.3. The molecule has 0 aliphatic carbocycles. The maximum atomic E-state index is 11.9. The number of halogens is 1. The molecule has 1 amide bonds. The fraction of sp³-hybridized carbons (Fsp3) is 0.385. The molecule has 0 radical (unpaired) electrons. The highest BCUT2D eigenvalue weighted by Crippen LogP contribution is 2.25. The molecule has 5 heteroatoms. The van der Waals surface area contributed by atoms with E-state index >= 15 is 0 Å². The van der Waals surface area contributed by atoms with Crippen molar-refractivity contribution in [3.05, 3.63) is 33.8 Å². The Kier molecular flexibility index (Phi) is 3.71. The molecule has 1 aliphatic heterocycles. The molecule has 4 nitrogen and oxygen atoms in total. The minimum atomic E-state index is -0.446. The van der Waals surface area contributed by atoms with Crippen LogP contribution < -0.4 is 10.6 Å². The summed E-state index contributed by atoms with van der Waals surface area (Å²) in [5.74, 6) is 0.473. The zero-order valence-electron chi connectivity index (χ0n) is 10.6. The Bertz CT molecular complexity index is 511. The van der Waals surface area contributed by atoms with Gasteiger partial charge in [0.1, 0.15) is 0 Å². The fourth-order valence-electron chi connectivity index (χ4n) is 1.82. The van der Waals surface area contributed by atoms with Crippen LogP contribution in [0.4, 0.5) is 0 Å². The average molecular weight is 310 g/mol. The zero-order chi connectivity index (χ0) is 13.3. The van der Waals surface area contributed by atoms with Gasteiger partial charge in [0.05, 0.1) is 0 Å². The Hall–Kier alpha value is -1.36. The van der Waals surface area contributed by atoms with Gasteiger partial charge in [0.15, 0.2) is 12.0 Å². The number of aliphatic imine (C=N–C) groups is 1. The number of benzene rings is 1. The maximum Gasteiger partial charge on any atom is 0.256 e. The first kappa shape index (κ1) is 13.1. The summed E-state index contributed by atoms with van der Waals surface area (Å²) >= 11 is 3.45. The number of nitrogens with zero attached hydrogens (tertiary/aromatic N) is 1. The summed E-state index contributed by atoms with van der Waals surface area (Å²) in [5.41, 5.74) is 2.01. The average Bonchev–Trinajstić information content (AvgIpc) is 2.62. The van der Waals surface area contributed by atoms with Crippen molar-refractivity contribution in [1.29, 1.82) is 0 Å². The van der Waals surface area contributed by atoms with Gasteiger partial charge in [-0.15, -0.1) is 0 Å². The second-order valence-corrected chi connectivity index (χ2v) is 5.53. The van der Waals surface area contributed by atoms with Crippen molar-refractivity contribution in [2.24, 2.45) is 4.99 Å². The van der Waals surface area contributed by atoms with E-state index in [0.29, 0.717) is 5.96 Å². The minimum Gasteiger partial charge on any atom is -0.354 e. The Morgan fingerprint density at radius 2 is 2.17 bits per heavy atom. The number of hydrogen-bond donors (Lipinski definition) is 2. The molecule has 2 N–H and O–H groups in total. The third-order valence-electron chi connectivity index (χ3n) is 2.67. The van der Waals surface area contributed by atoms with E-state index in [1.54, 1.807) is 0 Å². The Balaban J connectivity index is 2.24. The summed E-state index contributed by atoms with van der Waals surface area (Å²) in [6.45, 7) is 6.01. The van der Waals surface area contributed by atoms with Gasteiger partial charge in [-0.2, -0.15) is 0 Å². The van der Waals surface area contributed by atoms with Gasteiger partial charge in [-0.25, -0.2) is 4.99 Å². The first-order valence-electron chi connectivity index (χ1n) is 5.88. The van der Waals surface area contributed by atoms with Crippen LogP contribution >= 0.6 is 15.9 Å². The molecule has 2 rings (SSSR count). The van der Waals surface area contributed by atoms with E-state index in [2.05, 4.69) is 31.6 Å². The van der Waals surface area contributed by atoms with E-state index in [-0.39, 0.29) is 11.9 Å². The minimum absolute atomic E-state index is 0.0835. The van der Waals surface area contributed by atoms with Crippen molar-refractivity contribution in [3.8, 4) is 0 Å². The number of carbonyl (C=O) groups is 1. The number of carbonyl (C=O) groups excluding carboxylic acids is 1. The normalized spacial score (nSPS) is 18.8. The molecule has 1 heterocycles. The molecule has 18 heavy (non-hydrogen) atoms. The molecule has 0 fully saturated rings. The van der Waals surface area contributed by atoms with Crippen LogP contribution in [0.5, 0.6) is 0 Å². The lowest BCUT2D eigenvalue weighted by Crippen LogP contribution is -2.40. The molecule has 0 aromatic heterocycles. The van der Waals surface area contributed by atoms with Crippen LogP contribution in [0.15, 0.2) is 27.7 Å². The summed E-state index contributed by atoms with van der Waals surface area (Å²) in [5, 5.41) is 5.86. The Labute approximate surface area is 115 Å². The first-order valence-corrected chi connectivity index (χ1v) is 6.68. The molecule has 1 atom stereocenters. The monoisotopic (exact) mass is 309 g/mol. The van der Waals surface area contributed by atoms with Gasteiger partial charge < -0.3 is 5.32 Å². The lowest BCUT2D eigenvalue weighted by atomic mass is 10.1. The van der Waals surface area contributed by atoms with Crippen LogP contribution in [0.1, 0.15) is 31.0 Å². The lowest BCUT2D eigenvalue weighted by Gasteiger charge is -2.07. The molecule has 0 saturated heterocycles. The summed E-state index contributed by atoms with van der Waals surface area (Å²) in [6.07, 6.45) is 0. The summed E-state index contributed by atoms with van der Waals surface area (Å²) < 4.78 is 1.04. The van der Waals surface area contributed by atoms with Crippen LogP contribution in [-0.2, 0) is 4.79 Å². The predicted molar refractivity (Wildman–Crippen MR) is 75.5 cm³/mol. The number of guanidine groups is 1. The highest BCUT2D eigenvalue weighted by Gasteiger charge is 2.28. The van der Waals surface area contributed by atoms with Crippen molar-refractivity contribution in [3.63, 3.8) is 0 Å². The van der Waals surface area contributed by atoms with Crippen LogP contribution in [0.25, 0.3) is 0 Å². The van der Waals surface area contributed by atoms with Crippen molar-refractivity contribution < 1.29 is 4.79 Å². The van der Waals surface area contributed by atoms with Crippen molar-refractivity contribution in [2.45, 2.75) is 32.9 Å². The largest absolute Gasteiger partial charge is 0.354 e. The van der Waals surface area contributed by atoms with Gasteiger partial charge >= 0.3 is 0 Å². The molecular formula is C13H16BrN3O. The third-order valence-corrected chi connectivity index (χ3v) is 3.56. The van der Waals surface area contributed by atoms with E-state index in [1.165, 1.54) is 0 Å². The molecule has 0 spiro atoms. The molecule has 1 unspecified atom stereocenters. The second-order valence-electron chi connectivity index (χ2n) is 4.68. The second kappa shape index (κ2) is 5.10. The summed E-state index contributed by atoms with van der Waals surface area (Å²) in [7, 11) is 0. The SMILES string of the molecule is Cc1cc(C2N=C(NC(C)C)NC2=O)ccc1Br. The number of aryl methyl sites for hydroxylation is 1. The summed E-state index contributed by atoms with van der Waals surface area (Å²) in [6, 6.07) is 5.65. The Morgan fingerprint density at radius 3 is 2.78 bits per heavy atom. The fourth-order valence-corrected chi connectivity index (χ4v) is 2.06. The molecule has 1 aromatic carbocycles. The quantitative estimate of drug-likeness (QED) is 0.880. The zero-order valence-corrected chi connectivity index (χ0v) is 12.2. The van der Waals surface area contributed by atoms with E-state index < -0.39 is 6.04 Å². The van der Waals surface area contributed by atoms with Gasteiger partial charge in [0.2, 0.25) is 0 Å². The molecule has 96 valence electrons. The van der Waals surface area contributed by atoms with Gasteiger partial charge in [0.25, 0.3) is 5.91 Å². The smallest absolute Gasteiger partial charge is 0.256 e. The number of amides is 1.